The highest BCUT2D eigenvalue weighted by Crippen LogP contribution is 2.34. The molecule has 0 atom stereocenters. The highest BCUT2D eigenvalue weighted by Gasteiger charge is 2.28. The molecule has 29 heavy (non-hydrogen) atoms. The van der Waals surface area contributed by atoms with E-state index in [0.717, 1.165) is 16.9 Å². The number of hydrogen-bond donors (Lipinski definition) is 3. The van der Waals surface area contributed by atoms with Crippen molar-refractivity contribution in [2.24, 2.45) is 0 Å². The molecule has 0 radical (unpaired) electrons. The van der Waals surface area contributed by atoms with E-state index < -0.39 is 18.4 Å². The molecular weight excluding hydrogens is 374 g/mol. The molecule has 3 rings (SSSR count). The number of benzene rings is 1. The van der Waals surface area contributed by atoms with Crippen LogP contribution < -0.4 is 15.0 Å². The van der Waals surface area contributed by atoms with E-state index in [9.17, 15) is 14.7 Å². The smallest absolute Gasteiger partial charge is 0.322 e. The number of carboxylic acid groups (broad SMARTS) is 1. The molecule has 8 nitrogen and oxygen atoms in total. The second kappa shape index (κ2) is 8.22. The Morgan fingerprint density at radius 1 is 1.28 bits per heavy atom. The van der Waals surface area contributed by atoms with Crippen LogP contribution >= 0.6 is 0 Å². The standard InChI is InChI=1S/C21H23N3O5/c1-12(2)29-15-6-4-5-13(7-15)14-8-16-19(27)17(21(28)23-10-18(25)26)11-24(3)20(16)22-9-14/h4-9,12,27H,10-11H2,1-3H3,(H,23,28)(H,25,26). The Kier molecular flexibility index (Phi) is 5.72. The first-order valence-electron chi connectivity index (χ1n) is 9.17. The summed E-state index contributed by atoms with van der Waals surface area (Å²) in [5.74, 6) is -0.725. The molecule has 3 N–H and O–H groups in total. The average molecular weight is 397 g/mol. The van der Waals surface area contributed by atoms with Crippen LogP contribution in [0, 0.1) is 0 Å². The summed E-state index contributed by atoms with van der Waals surface area (Å²) in [7, 11) is 1.75. The molecule has 1 aromatic carbocycles. The van der Waals surface area contributed by atoms with Crippen LogP contribution in [0.5, 0.6) is 5.75 Å². The fraction of sp³-hybridized carbons (Fsp3) is 0.286. The molecule has 0 aliphatic carbocycles. The lowest BCUT2D eigenvalue weighted by Gasteiger charge is -2.28. The second-order valence-electron chi connectivity index (χ2n) is 7.05. The van der Waals surface area contributed by atoms with Crippen molar-refractivity contribution >= 4 is 23.5 Å². The third-order valence-electron chi connectivity index (χ3n) is 4.38. The number of hydrogen-bond acceptors (Lipinski definition) is 6. The lowest BCUT2D eigenvalue weighted by atomic mass is 9.99. The zero-order valence-electron chi connectivity index (χ0n) is 16.5. The van der Waals surface area contributed by atoms with Crippen LogP contribution in [0.1, 0.15) is 19.4 Å². The van der Waals surface area contributed by atoms with Crippen LogP contribution in [0.3, 0.4) is 0 Å². The minimum absolute atomic E-state index is 0.0411. The van der Waals surface area contributed by atoms with Crippen LogP contribution in [-0.2, 0) is 9.59 Å². The number of nitrogens with zero attached hydrogens (tertiary/aromatic N) is 2. The quantitative estimate of drug-likeness (QED) is 0.686. The molecule has 152 valence electrons. The number of carbonyl (C=O) groups is 2. The maximum absolute atomic E-state index is 12.3. The molecule has 0 saturated heterocycles. The maximum Gasteiger partial charge on any atom is 0.322 e. The Morgan fingerprint density at radius 3 is 2.72 bits per heavy atom. The molecule has 0 bridgehead atoms. The summed E-state index contributed by atoms with van der Waals surface area (Å²) in [5.41, 5.74) is 2.12. The van der Waals surface area contributed by atoms with Crippen molar-refractivity contribution in [2.45, 2.75) is 20.0 Å². The second-order valence-corrected chi connectivity index (χ2v) is 7.05. The van der Waals surface area contributed by atoms with Gasteiger partial charge in [-0.05, 0) is 37.6 Å². The van der Waals surface area contributed by atoms with Gasteiger partial charge in [0.2, 0.25) is 0 Å². The number of likely N-dealkylation sites (N-methyl/N-ethyl adjacent to an activating group) is 1. The molecule has 1 aliphatic rings. The van der Waals surface area contributed by atoms with Crippen LogP contribution in [0.4, 0.5) is 5.82 Å². The van der Waals surface area contributed by atoms with Crippen molar-refractivity contribution in [3.05, 3.63) is 47.7 Å². The molecule has 2 heterocycles. The van der Waals surface area contributed by atoms with Crippen molar-refractivity contribution in [1.82, 2.24) is 10.3 Å². The molecule has 8 heteroatoms. The zero-order valence-corrected chi connectivity index (χ0v) is 16.5. The van der Waals surface area contributed by atoms with E-state index in [4.69, 9.17) is 9.84 Å². The van der Waals surface area contributed by atoms with Crippen molar-refractivity contribution < 1.29 is 24.5 Å². The van der Waals surface area contributed by atoms with Crippen molar-refractivity contribution in [3.8, 4) is 16.9 Å². The van der Waals surface area contributed by atoms with Gasteiger partial charge in [-0.15, -0.1) is 0 Å². The van der Waals surface area contributed by atoms with Crippen molar-refractivity contribution in [3.63, 3.8) is 0 Å². The molecule has 0 spiro atoms. The number of rotatable bonds is 6. The molecular formula is C21H23N3O5. The normalized spacial score (nSPS) is 13.3. The maximum atomic E-state index is 12.3. The van der Waals surface area contributed by atoms with E-state index in [1.165, 1.54) is 0 Å². The molecule has 1 aromatic heterocycles. The number of pyridine rings is 1. The number of aliphatic carboxylic acids is 1. The van der Waals surface area contributed by atoms with Gasteiger partial charge in [0, 0.05) is 18.8 Å². The van der Waals surface area contributed by atoms with Gasteiger partial charge in [0.25, 0.3) is 5.91 Å². The first-order valence-corrected chi connectivity index (χ1v) is 9.17. The van der Waals surface area contributed by atoms with Gasteiger partial charge in [0.05, 0.1) is 23.8 Å². The number of aliphatic hydroxyl groups excluding tert-OH is 1. The zero-order chi connectivity index (χ0) is 21.1. The number of fused-ring (bicyclic) bond motifs is 1. The third-order valence-corrected chi connectivity index (χ3v) is 4.38. The van der Waals surface area contributed by atoms with E-state index in [2.05, 4.69) is 10.3 Å². The Bertz CT molecular complexity index is 984. The SMILES string of the molecule is CC(C)Oc1cccc(-c2cnc3c(c2)C(O)=C(C(=O)NCC(=O)O)CN3C)c1. The monoisotopic (exact) mass is 397 g/mol. The topological polar surface area (TPSA) is 112 Å². The first-order chi connectivity index (χ1) is 13.8. The Balaban J connectivity index is 1.98. The molecule has 1 aliphatic heterocycles. The average Bonchev–Trinajstić information content (AvgIpc) is 2.68. The van der Waals surface area contributed by atoms with Gasteiger partial charge in [-0.3, -0.25) is 9.59 Å². The van der Waals surface area contributed by atoms with Gasteiger partial charge in [0.15, 0.2) is 0 Å². The summed E-state index contributed by atoms with van der Waals surface area (Å²) >= 11 is 0. The van der Waals surface area contributed by atoms with Gasteiger partial charge in [-0.2, -0.15) is 0 Å². The Morgan fingerprint density at radius 2 is 2.03 bits per heavy atom. The van der Waals surface area contributed by atoms with Gasteiger partial charge in [-0.1, -0.05) is 12.1 Å². The summed E-state index contributed by atoms with van der Waals surface area (Å²) in [4.78, 5) is 29.2. The predicted octanol–water partition coefficient (Wildman–Crippen LogP) is 2.46. The third kappa shape index (κ3) is 4.48. The summed E-state index contributed by atoms with van der Waals surface area (Å²) in [6, 6.07) is 9.29. The fourth-order valence-electron chi connectivity index (χ4n) is 3.11. The first kappa shape index (κ1) is 20.2. The van der Waals surface area contributed by atoms with E-state index in [1.54, 1.807) is 24.2 Å². The van der Waals surface area contributed by atoms with Crippen molar-refractivity contribution in [1.29, 1.82) is 0 Å². The summed E-state index contributed by atoms with van der Waals surface area (Å²) < 4.78 is 5.73. The minimum Gasteiger partial charge on any atom is -0.507 e. The number of aliphatic hydroxyl groups is 1. The Hall–Kier alpha value is -3.55. The molecule has 0 fully saturated rings. The van der Waals surface area contributed by atoms with Crippen molar-refractivity contribution in [2.75, 3.05) is 25.0 Å². The van der Waals surface area contributed by atoms with E-state index in [0.29, 0.717) is 11.4 Å². The lowest BCUT2D eigenvalue weighted by molar-refractivity contribution is -0.137. The number of ether oxygens (including phenoxy) is 1. The highest BCUT2D eigenvalue weighted by atomic mass is 16.5. The fourth-order valence-corrected chi connectivity index (χ4v) is 3.11. The van der Waals surface area contributed by atoms with E-state index >= 15 is 0 Å². The van der Waals surface area contributed by atoms with Crippen LogP contribution in [0.15, 0.2) is 42.1 Å². The largest absolute Gasteiger partial charge is 0.507 e. The minimum atomic E-state index is -1.16. The van der Waals surface area contributed by atoms with Gasteiger partial charge < -0.3 is 25.2 Å². The number of carbonyl (C=O) groups excluding carboxylic acids is 1. The van der Waals surface area contributed by atoms with Crippen LogP contribution in [0.2, 0.25) is 0 Å². The van der Waals surface area contributed by atoms with Crippen LogP contribution in [0.25, 0.3) is 16.9 Å². The number of carboxylic acids is 1. The van der Waals surface area contributed by atoms with Gasteiger partial charge in [0.1, 0.15) is 23.9 Å². The van der Waals surface area contributed by atoms with Gasteiger partial charge in [-0.25, -0.2) is 4.98 Å². The van der Waals surface area contributed by atoms with E-state index in [1.807, 2.05) is 38.1 Å². The number of anilines is 1. The Labute approximate surface area is 168 Å². The molecule has 0 saturated carbocycles. The predicted molar refractivity (Wildman–Crippen MR) is 109 cm³/mol. The summed E-state index contributed by atoms with van der Waals surface area (Å²) in [6.07, 6.45) is 1.74. The number of amides is 1. The van der Waals surface area contributed by atoms with Gasteiger partial charge >= 0.3 is 5.97 Å². The van der Waals surface area contributed by atoms with E-state index in [-0.39, 0.29) is 24.0 Å². The highest BCUT2D eigenvalue weighted by molar-refractivity contribution is 6.03. The molecule has 1 amide bonds. The summed E-state index contributed by atoms with van der Waals surface area (Å²) in [6.45, 7) is 3.49. The molecule has 2 aromatic rings. The lowest BCUT2D eigenvalue weighted by Crippen LogP contribution is -2.37. The number of nitrogens with one attached hydrogen (secondary N) is 1. The molecule has 0 unspecified atom stereocenters. The van der Waals surface area contributed by atoms with Crippen LogP contribution in [-0.4, -0.2) is 53.3 Å². The summed E-state index contributed by atoms with van der Waals surface area (Å²) in [5, 5.41) is 21.7. The number of aromatic nitrogens is 1.